The highest BCUT2D eigenvalue weighted by Crippen LogP contribution is 2.36. The molecule has 0 aliphatic carbocycles. The predicted molar refractivity (Wildman–Crippen MR) is 81.4 cm³/mol. The molecule has 0 unspecified atom stereocenters. The second-order valence-electron chi connectivity index (χ2n) is 4.38. The highest BCUT2D eigenvalue weighted by molar-refractivity contribution is 9.10. The normalized spacial score (nSPS) is 10.7. The largest absolute Gasteiger partial charge is 0.493 e. The van der Waals surface area contributed by atoms with E-state index in [1.807, 2.05) is 19.1 Å². The molecule has 0 atom stereocenters. The molecule has 0 aliphatic heterocycles. The van der Waals surface area contributed by atoms with Gasteiger partial charge in [-0.3, -0.25) is 0 Å². The monoisotopic (exact) mass is 355 g/mol. The van der Waals surface area contributed by atoms with E-state index in [1.54, 1.807) is 14.0 Å². The molecule has 1 N–H and O–H groups in total. The summed E-state index contributed by atoms with van der Waals surface area (Å²) < 4.78 is 16.8. The second kappa shape index (κ2) is 7.42. The zero-order chi connectivity index (χ0) is 15.2. The van der Waals surface area contributed by atoms with Crippen LogP contribution < -0.4 is 14.8 Å². The quantitative estimate of drug-likeness (QED) is 0.823. The minimum Gasteiger partial charge on any atom is -0.493 e. The van der Waals surface area contributed by atoms with Crippen LogP contribution >= 0.6 is 15.9 Å². The molecule has 0 aliphatic rings. The van der Waals surface area contributed by atoms with Gasteiger partial charge in [-0.05, 0) is 47.5 Å². The van der Waals surface area contributed by atoms with Crippen LogP contribution in [0.2, 0.25) is 0 Å². The minimum atomic E-state index is 0.522. The van der Waals surface area contributed by atoms with E-state index in [4.69, 9.17) is 14.0 Å². The molecule has 0 radical (unpaired) electrons. The molecule has 1 aromatic carbocycles. The first-order valence-electron chi connectivity index (χ1n) is 6.63. The van der Waals surface area contributed by atoms with Crippen LogP contribution in [0.25, 0.3) is 0 Å². The number of halogens is 1. The molecular formula is C14H18BrN3O3. The summed E-state index contributed by atoms with van der Waals surface area (Å²) in [6.07, 6.45) is 0. The van der Waals surface area contributed by atoms with Crippen LogP contribution in [0.15, 0.2) is 21.1 Å². The molecule has 0 spiro atoms. The zero-order valence-electron chi connectivity index (χ0n) is 12.3. The van der Waals surface area contributed by atoms with E-state index in [1.165, 1.54) is 0 Å². The Bertz CT molecular complexity index is 601. The summed E-state index contributed by atoms with van der Waals surface area (Å²) in [7, 11) is 1.63. The lowest BCUT2D eigenvalue weighted by atomic mass is 10.2. The Morgan fingerprint density at radius 3 is 2.76 bits per heavy atom. The molecule has 1 aromatic heterocycles. The number of rotatable bonds is 7. The number of ether oxygens (including phenoxy) is 2. The Hall–Kier alpha value is -1.60. The van der Waals surface area contributed by atoms with Crippen LogP contribution in [0, 0.1) is 6.92 Å². The van der Waals surface area contributed by atoms with E-state index in [0.29, 0.717) is 37.2 Å². The maximum absolute atomic E-state index is 5.56. The van der Waals surface area contributed by atoms with Crippen molar-refractivity contribution in [1.82, 2.24) is 15.5 Å². The van der Waals surface area contributed by atoms with Crippen molar-refractivity contribution in [1.29, 1.82) is 0 Å². The fourth-order valence-electron chi connectivity index (χ4n) is 1.89. The van der Waals surface area contributed by atoms with E-state index >= 15 is 0 Å². The van der Waals surface area contributed by atoms with E-state index in [2.05, 4.69) is 31.4 Å². The van der Waals surface area contributed by atoms with Crippen molar-refractivity contribution in [2.45, 2.75) is 26.9 Å². The highest BCUT2D eigenvalue weighted by atomic mass is 79.9. The number of hydrogen-bond donors (Lipinski definition) is 1. The molecule has 114 valence electrons. The molecule has 0 bridgehead atoms. The minimum absolute atomic E-state index is 0.522. The number of aromatic nitrogens is 2. The topological polar surface area (TPSA) is 69.4 Å². The van der Waals surface area contributed by atoms with Crippen LogP contribution in [-0.4, -0.2) is 23.9 Å². The summed E-state index contributed by atoms with van der Waals surface area (Å²) in [6, 6.07) is 3.95. The van der Waals surface area contributed by atoms with Crippen LogP contribution in [0.1, 0.15) is 24.2 Å². The summed E-state index contributed by atoms with van der Waals surface area (Å²) in [6.45, 7) is 5.50. The average Bonchev–Trinajstić information content (AvgIpc) is 2.87. The molecule has 0 amide bonds. The van der Waals surface area contributed by atoms with Crippen molar-refractivity contribution in [2.24, 2.45) is 0 Å². The smallest absolute Gasteiger partial charge is 0.240 e. The zero-order valence-corrected chi connectivity index (χ0v) is 13.9. The molecule has 2 rings (SSSR count). The van der Waals surface area contributed by atoms with Gasteiger partial charge in [-0.1, -0.05) is 5.16 Å². The van der Waals surface area contributed by atoms with Crippen molar-refractivity contribution in [3.63, 3.8) is 0 Å². The maximum Gasteiger partial charge on any atom is 0.240 e. The molecule has 1 heterocycles. The van der Waals surface area contributed by atoms with Gasteiger partial charge >= 0.3 is 0 Å². The first-order valence-corrected chi connectivity index (χ1v) is 7.42. The lowest BCUT2D eigenvalue weighted by Gasteiger charge is -2.13. The fourth-order valence-corrected chi connectivity index (χ4v) is 2.49. The standard InChI is InChI=1S/C14H18BrN3O3/c1-4-20-14-11(15)5-10(6-12(14)19-3)7-16-8-13-17-9(2)18-21-13/h5-6,16H,4,7-8H2,1-3H3. The molecule has 0 saturated heterocycles. The summed E-state index contributed by atoms with van der Waals surface area (Å²) in [5.41, 5.74) is 1.07. The van der Waals surface area contributed by atoms with E-state index in [9.17, 15) is 0 Å². The lowest BCUT2D eigenvalue weighted by molar-refractivity contribution is 0.308. The third-order valence-electron chi connectivity index (χ3n) is 2.75. The van der Waals surface area contributed by atoms with Gasteiger partial charge in [0.2, 0.25) is 5.89 Å². The molecular weight excluding hydrogens is 338 g/mol. The van der Waals surface area contributed by atoms with E-state index in [-0.39, 0.29) is 0 Å². The van der Waals surface area contributed by atoms with Crippen molar-refractivity contribution >= 4 is 15.9 Å². The Labute approximate surface area is 132 Å². The second-order valence-corrected chi connectivity index (χ2v) is 5.24. The summed E-state index contributed by atoms with van der Waals surface area (Å²) in [5.74, 6) is 2.63. The SMILES string of the molecule is CCOc1c(Br)cc(CNCc2nc(C)no2)cc1OC. The van der Waals surface area contributed by atoms with Crippen molar-refractivity contribution in [2.75, 3.05) is 13.7 Å². The first kappa shape index (κ1) is 15.8. The summed E-state index contributed by atoms with van der Waals surface area (Å²) in [4.78, 5) is 4.14. The predicted octanol–water partition coefficient (Wildman–Crippen LogP) is 2.84. The Morgan fingerprint density at radius 1 is 1.33 bits per heavy atom. The molecule has 21 heavy (non-hydrogen) atoms. The lowest BCUT2D eigenvalue weighted by Crippen LogP contribution is -2.13. The van der Waals surface area contributed by atoms with E-state index < -0.39 is 0 Å². The number of methoxy groups -OCH3 is 1. The summed E-state index contributed by atoms with van der Waals surface area (Å²) in [5, 5.41) is 6.99. The highest BCUT2D eigenvalue weighted by Gasteiger charge is 2.11. The van der Waals surface area contributed by atoms with Gasteiger partial charge in [0.05, 0.1) is 24.7 Å². The van der Waals surface area contributed by atoms with Gasteiger partial charge in [0.25, 0.3) is 0 Å². The maximum atomic E-state index is 5.56. The third kappa shape index (κ3) is 4.18. The van der Waals surface area contributed by atoms with Gasteiger partial charge in [0.1, 0.15) is 0 Å². The van der Waals surface area contributed by atoms with Gasteiger partial charge in [-0.2, -0.15) is 4.98 Å². The number of aryl methyl sites for hydroxylation is 1. The molecule has 0 fully saturated rings. The van der Waals surface area contributed by atoms with Crippen LogP contribution in [-0.2, 0) is 13.1 Å². The van der Waals surface area contributed by atoms with Crippen molar-refractivity contribution in [3.8, 4) is 11.5 Å². The third-order valence-corrected chi connectivity index (χ3v) is 3.34. The van der Waals surface area contributed by atoms with Gasteiger partial charge in [-0.25, -0.2) is 0 Å². The number of nitrogens with zero attached hydrogens (tertiary/aromatic N) is 2. The van der Waals surface area contributed by atoms with Crippen molar-refractivity contribution in [3.05, 3.63) is 33.9 Å². The van der Waals surface area contributed by atoms with Gasteiger partial charge in [0, 0.05) is 6.54 Å². The average molecular weight is 356 g/mol. The van der Waals surface area contributed by atoms with Crippen molar-refractivity contribution < 1.29 is 14.0 Å². The molecule has 6 nitrogen and oxygen atoms in total. The summed E-state index contributed by atoms with van der Waals surface area (Å²) >= 11 is 3.51. The van der Waals surface area contributed by atoms with Gasteiger partial charge in [0.15, 0.2) is 17.3 Å². The van der Waals surface area contributed by atoms with Crippen LogP contribution in [0.5, 0.6) is 11.5 Å². The fraction of sp³-hybridized carbons (Fsp3) is 0.429. The Kier molecular flexibility index (Phi) is 5.58. The van der Waals surface area contributed by atoms with Crippen LogP contribution in [0.3, 0.4) is 0 Å². The van der Waals surface area contributed by atoms with Crippen LogP contribution in [0.4, 0.5) is 0 Å². The number of nitrogens with one attached hydrogen (secondary N) is 1. The first-order chi connectivity index (χ1) is 10.1. The Morgan fingerprint density at radius 2 is 2.14 bits per heavy atom. The van der Waals surface area contributed by atoms with E-state index in [0.717, 1.165) is 15.8 Å². The number of benzene rings is 1. The molecule has 0 saturated carbocycles. The Balaban J connectivity index is 2.01. The van der Waals surface area contributed by atoms with Gasteiger partial charge < -0.3 is 19.3 Å². The molecule has 2 aromatic rings. The van der Waals surface area contributed by atoms with Gasteiger partial charge in [-0.15, -0.1) is 0 Å². The number of hydrogen-bond acceptors (Lipinski definition) is 6. The molecule has 7 heteroatoms.